The van der Waals surface area contributed by atoms with Gasteiger partial charge < -0.3 is 5.11 Å². The fourth-order valence-corrected chi connectivity index (χ4v) is 1.69. The molecule has 0 radical (unpaired) electrons. The van der Waals surface area contributed by atoms with Gasteiger partial charge in [-0.15, -0.1) is 0 Å². The van der Waals surface area contributed by atoms with Crippen molar-refractivity contribution in [3.8, 4) is 5.88 Å². The van der Waals surface area contributed by atoms with Gasteiger partial charge in [-0.2, -0.15) is 0 Å². The second-order valence-corrected chi connectivity index (χ2v) is 4.30. The average molecular weight is 295 g/mol. The minimum atomic E-state index is -0.910. The molecule has 110 valence electrons. The zero-order chi connectivity index (χ0) is 15.7. The van der Waals surface area contributed by atoms with Gasteiger partial charge in [0.2, 0.25) is 5.88 Å². The lowest BCUT2D eigenvalue weighted by molar-refractivity contribution is 0.410. The number of aliphatic imine (C=N–C) groups is 1. The molecule has 21 heavy (non-hydrogen) atoms. The predicted molar refractivity (Wildman–Crippen MR) is 72.2 cm³/mol. The van der Waals surface area contributed by atoms with Crippen LogP contribution >= 0.6 is 0 Å². The smallest absolute Gasteiger partial charge is 0.333 e. The van der Waals surface area contributed by atoms with Crippen LogP contribution in [0.25, 0.3) is 0 Å². The topological polar surface area (TPSA) is 76.6 Å². The number of rotatable bonds is 2. The highest BCUT2D eigenvalue weighted by Gasteiger charge is 2.13. The molecule has 6 nitrogen and oxygen atoms in total. The third-order valence-electron chi connectivity index (χ3n) is 2.91. The van der Waals surface area contributed by atoms with Gasteiger partial charge in [0.25, 0.3) is 5.56 Å². The molecule has 0 aliphatic heterocycles. The first-order valence-electron chi connectivity index (χ1n) is 5.81. The SMILES string of the molecule is Cn1c(O)c(C=Nc2ccc(F)cc2F)c(=O)n(C)c1=O. The van der Waals surface area contributed by atoms with Gasteiger partial charge in [-0.05, 0) is 12.1 Å². The van der Waals surface area contributed by atoms with E-state index in [4.69, 9.17) is 0 Å². The number of hydrogen-bond acceptors (Lipinski definition) is 4. The lowest BCUT2D eigenvalue weighted by Crippen LogP contribution is -2.38. The molecule has 0 saturated carbocycles. The van der Waals surface area contributed by atoms with Gasteiger partial charge in [0.15, 0.2) is 5.82 Å². The Balaban J connectivity index is 2.57. The fraction of sp³-hybridized carbons (Fsp3) is 0.154. The normalized spacial score (nSPS) is 11.2. The molecule has 0 unspecified atom stereocenters. The first-order chi connectivity index (χ1) is 9.82. The van der Waals surface area contributed by atoms with Crippen molar-refractivity contribution in [2.24, 2.45) is 19.1 Å². The summed E-state index contributed by atoms with van der Waals surface area (Å²) in [7, 11) is 2.51. The van der Waals surface area contributed by atoms with Gasteiger partial charge in [0.05, 0.1) is 5.69 Å². The van der Waals surface area contributed by atoms with Crippen LogP contribution in [-0.2, 0) is 14.1 Å². The van der Waals surface area contributed by atoms with Crippen LogP contribution in [0.2, 0.25) is 0 Å². The van der Waals surface area contributed by atoms with E-state index in [9.17, 15) is 23.5 Å². The molecule has 0 saturated heterocycles. The Morgan fingerprint density at radius 1 is 1.19 bits per heavy atom. The summed E-state index contributed by atoms with van der Waals surface area (Å²) in [6, 6.07) is 2.74. The number of aromatic nitrogens is 2. The molecule has 0 atom stereocenters. The van der Waals surface area contributed by atoms with Gasteiger partial charge in [0, 0.05) is 26.4 Å². The largest absolute Gasteiger partial charge is 0.494 e. The Morgan fingerprint density at radius 3 is 2.48 bits per heavy atom. The van der Waals surface area contributed by atoms with Crippen LogP contribution in [0.4, 0.5) is 14.5 Å². The highest BCUT2D eigenvalue weighted by atomic mass is 19.1. The molecular weight excluding hydrogens is 284 g/mol. The Hall–Kier alpha value is -2.77. The van der Waals surface area contributed by atoms with E-state index >= 15 is 0 Å². The van der Waals surface area contributed by atoms with E-state index in [2.05, 4.69) is 4.99 Å². The first-order valence-corrected chi connectivity index (χ1v) is 5.81. The molecule has 0 aliphatic rings. The van der Waals surface area contributed by atoms with Crippen molar-refractivity contribution in [3.63, 3.8) is 0 Å². The molecule has 8 heteroatoms. The van der Waals surface area contributed by atoms with Gasteiger partial charge in [-0.1, -0.05) is 0 Å². The summed E-state index contributed by atoms with van der Waals surface area (Å²) >= 11 is 0. The van der Waals surface area contributed by atoms with Crippen molar-refractivity contribution in [2.75, 3.05) is 0 Å². The summed E-state index contributed by atoms with van der Waals surface area (Å²) in [5, 5.41) is 9.78. The van der Waals surface area contributed by atoms with E-state index in [0.29, 0.717) is 6.07 Å². The van der Waals surface area contributed by atoms with Crippen molar-refractivity contribution < 1.29 is 13.9 Å². The Labute approximate surface area is 117 Å². The molecule has 0 amide bonds. The van der Waals surface area contributed by atoms with E-state index in [0.717, 1.165) is 27.5 Å². The molecule has 0 spiro atoms. The van der Waals surface area contributed by atoms with Gasteiger partial charge in [0.1, 0.15) is 11.4 Å². The summed E-state index contributed by atoms with van der Waals surface area (Å²) < 4.78 is 27.8. The Bertz CT molecular complexity index is 853. The van der Waals surface area contributed by atoms with Crippen molar-refractivity contribution in [2.45, 2.75) is 0 Å². The van der Waals surface area contributed by atoms with Crippen LogP contribution in [0.1, 0.15) is 5.56 Å². The molecule has 2 rings (SSSR count). The summed E-state index contributed by atoms with van der Waals surface area (Å²) in [5.74, 6) is -2.26. The molecule has 1 aromatic heterocycles. The van der Waals surface area contributed by atoms with Crippen molar-refractivity contribution in [1.82, 2.24) is 9.13 Å². The first kappa shape index (κ1) is 14.6. The minimum absolute atomic E-state index is 0.202. The molecule has 1 heterocycles. The highest BCUT2D eigenvalue weighted by Crippen LogP contribution is 2.18. The average Bonchev–Trinajstić information content (AvgIpc) is 2.45. The maximum atomic E-state index is 13.4. The Morgan fingerprint density at radius 2 is 1.86 bits per heavy atom. The number of hydrogen-bond donors (Lipinski definition) is 1. The quantitative estimate of drug-likeness (QED) is 0.833. The van der Waals surface area contributed by atoms with Gasteiger partial charge in [-0.25, -0.2) is 13.6 Å². The lowest BCUT2D eigenvalue weighted by atomic mass is 10.3. The zero-order valence-electron chi connectivity index (χ0n) is 11.2. The van der Waals surface area contributed by atoms with E-state index in [1.807, 2.05) is 0 Å². The summed E-state index contributed by atoms with van der Waals surface area (Å²) in [6.07, 6.45) is 0.924. The van der Waals surface area contributed by atoms with Crippen LogP contribution in [0.3, 0.4) is 0 Å². The molecule has 0 aliphatic carbocycles. The molecular formula is C13H11F2N3O3. The van der Waals surface area contributed by atoms with Crippen molar-refractivity contribution in [1.29, 1.82) is 0 Å². The fourth-order valence-electron chi connectivity index (χ4n) is 1.69. The van der Waals surface area contributed by atoms with Crippen LogP contribution in [-0.4, -0.2) is 20.5 Å². The zero-order valence-corrected chi connectivity index (χ0v) is 11.2. The van der Waals surface area contributed by atoms with Crippen molar-refractivity contribution in [3.05, 3.63) is 56.2 Å². The van der Waals surface area contributed by atoms with Crippen molar-refractivity contribution >= 4 is 11.9 Å². The van der Waals surface area contributed by atoms with E-state index in [-0.39, 0.29) is 11.3 Å². The van der Waals surface area contributed by atoms with E-state index in [1.165, 1.54) is 14.1 Å². The van der Waals surface area contributed by atoms with E-state index in [1.54, 1.807) is 0 Å². The maximum absolute atomic E-state index is 13.4. The van der Waals surface area contributed by atoms with Crippen LogP contribution in [0.15, 0.2) is 32.8 Å². The highest BCUT2D eigenvalue weighted by molar-refractivity contribution is 5.84. The second kappa shape index (κ2) is 5.31. The number of aromatic hydroxyl groups is 1. The molecule has 1 N–H and O–H groups in total. The lowest BCUT2D eigenvalue weighted by Gasteiger charge is -2.07. The molecule has 1 aromatic carbocycles. The van der Waals surface area contributed by atoms with E-state index < -0.39 is 28.8 Å². The molecule has 2 aromatic rings. The minimum Gasteiger partial charge on any atom is -0.494 e. The molecule has 0 bridgehead atoms. The third-order valence-corrected chi connectivity index (χ3v) is 2.91. The standard InChI is InChI=1S/C13H11F2N3O3/c1-17-11(19)8(12(20)18(2)13(17)21)6-16-10-4-3-7(14)5-9(10)15/h3-6,19H,1-2H3. The van der Waals surface area contributed by atoms with Gasteiger partial charge in [-0.3, -0.25) is 18.9 Å². The number of nitrogens with zero attached hydrogens (tertiary/aromatic N) is 3. The van der Waals surface area contributed by atoms with Crippen LogP contribution in [0, 0.1) is 11.6 Å². The Kier molecular flexibility index (Phi) is 3.70. The number of halogens is 2. The summed E-state index contributed by atoms with van der Waals surface area (Å²) in [4.78, 5) is 27.1. The maximum Gasteiger partial charge on any atom is 0.333 e. The third kappa shape index (κ3) is 2.60. The predicted octanol–water partition coefficient (Wildman–Crippen LogP) is 0.818. The van der Waals surface area contributed by atoms with Gasteiger partial charge >= 0.3 is 5.69 Å². The summed E-state index contributed by atoms with van der Waals surface area (Å²) in [6.45, 7) is 0. The van der Waals surface area contributed by atoms with Crippen LogP contribution < -0.4 is 11.2 Å². The monoisotopic (exact) mass is 295 g/mol. The van der Waals surface area contributed by atoms with Crippen LogP contribution in [0.5, 0.6) is 5.88 Å². The number of benzene rings is 1. The summed E-state index contributed by atoms with van der Waals surface area (Å²) in [5.41, 5.74) is -1.96. The molecule has 0 fully saturated rings. The second-order valence-electron chi connectivity index (χ2n) is 4.30.